The number of hydrogen-bond acceptors (Lipinski definition) is 5. The van der Waals surface area contributed by atoms with Crippen LogP contribution in [0, 0.1) is 5.92 Å². The summed E-state index contributed by atoms with van der Waals surface area (Å²) in [6.45, 7) is 0.531. The second-order valence-electron chi connectivity index (χ2n) is 4.85. The number of nitrogens with two attached hydrogens (primary N) is 1. The Morgan fingerprint density at radius 3 is 2.68 bits per heavy atom. The van der Waals surface area contributed by atoms with E-state index >= 15 is 0 Å². The second-order valence-corrected chi connectivity index (χ2v) is 4.85. The molecule has 1 aromatic carbocycles. The molecule has 0 aliphatic heterocycles. The number of ether oxygens (including phenoxy) is 1. The first-order valence-electron chi connectivity index (χ1n) is 6.47. The molecule has 0 spiro atoms. The van der Waals surface area contributed by atoms with Crippen LogP contribution in [0.2, 0.25) is 0 Å². The van der Waals surface area contributed by atoms with Gasteiger partial charge in [-0.15, -0.1) is 0 Å². The van der Waals surface area contributed by atoms with E-state index in [1.165, 1.54) is 12.8 Å². The molecule has 2 aromatic rings. The van der Waals surface area contributed by atoms with Crippen molar-refractivity contribution in [2.45, 2.75) is 25.5 Å². The molecule has 0 bridgehead atoms. The summed E-state index contributed by atoms with van der Waals surface area (Å²) in [6.07, 6.45) is 2.31. The van der Waals surface area contributed by atoms with Gasteiger partial charge in [-0.1, -0.05) is 17.3 Å². The van der Waals surface area contributed by atoms with Gasteiger partial charge in [0.15, 0.2) is 0 Å². The van der Waals surface area contributed by atoms with Gasteiger partial charge in [0.2, 0.25) is 5.82 Å². The zero-order valence-electron chi connectivity index (χ0n) is 10.9. The van der Waals surface area contributed by atoms with Gasteiger partial charge in [0.05, 0.1) is 0 Å². The molecular weight excluding hydrogens is 242 g/mol. The highest BCUT2D eigenvalue weighted by atomic mass is 16.5. The molecule has 0 radical (unpaired) electrons. The molecule has 2 N–H and O–H groups in total. The second kappa shape index (κ2) is 5.11. The maximum Gasteiger partial charge on any atom is 0.258 e. The van der Waals surface area contributed by atoms with Crippen molar-refractivity contribution >= 4 is 0 Å². The first-order valence-corrected chi connectivity index (χ1v) is 6.47. The summed E-state index contributed by atoms with van der Waals surface area (Å²) in [7, 11) is 1.69. The van der Waals surface area contributed by atoms with E-state index in [9.17, 15) is 0 Å². The lowest BCUT2D eigenvalue weighted by molar-refractivity contribution is 0.0751. The van der Waals surface area contributed by atoms with Gasteiger partial charge in [-0.2, -0.15) is 4.98 Å². The quantitative estimate of drug-likeness (QED) is 0.891. The number of aromatic nitrogens is 2. The predicted molar refractivity (Wildman–Crippen MR) is 70.1 cm³/mol. The summed E-state index contributed by atoms with van der Waals surface area (Å²) in [4.78, 5) is 4.43. The van der Waals surface area contributed by atoms with Crippen molar-refractivity contribution in [3.05, 3.63) is 35.7 Å². The van der Waals surface area contributed by atoms with Crippen LogP contribution in [-0.2, 0) is 11.3 Å². The summed E-state index contributed by atoms with van der Waals surface area (Å²) in [6, 6.07) is 7.82. The summed E-state index contributed by atoms with van der Waals surface area (Å²) >= 11 is 0. The van der Waals surface area contributed by atoms with E-state index in [-0.39, 0.29) is 6.10 Å². The molecule has 1 saturated carbocycles. The molecule has 1 aromatic heterocycles. The lowest BCUT2D eigenvalue weighted by Crippen LogP contribution is -2.05. The van der Waals surface area contributed by atoms with Gasteiger partial charge in [0.1, 0.15) is 6.10 Å². The Hall–Kier alpha value is -1.72. The van der Waals surface area contributed by atoms with Crippen LogP contribution in [0.5, 0.6) is 0 Å². The van der Waals surface area contributed by atoms with Gasteiger partial charge in [-0.3, -0.25) is 0 Å². The summed E-state index contributed by atoms with van der Waals surface area (Å²) in [5.74, 6) is 1.71. The largest absolute Gasteiger partial charge is 0.373 e. The molecular formula is C14H17N3O2. The Labute approximate surface area is 111 Å². The van der Waals surface area contributed by atoms with Crippen LogP contribution in [0.4, 0.5) is 0 Å². The maximum absolute atomic E-state index is 5.57. The van der Waals surface area contributed by atoms with Crippen LogP contribution in [0.25, 0.3) is 11.5 Å². The fraction of sp³-hybridized carbons (Fsp3) is 0.429. The smallest absolute Gasteiger partial charge is 0.258 e. The van der Waals surface area contributed by atoms with E-state index in [1.807, 2.05) is 24.3 Å². The van der Waals surface area contributed by atoms with E-state index in [0.717, 1.165) is 11.1 Å². The number of nitrogens with zero attached hydrogens (tertiary/aromatic N) is 2. The molecule has 100 valence electrons. The van der Waals surface area contributed by atoms with Gasteiger partial charge in [0, 0.05) is 19.2 Å². The Morgan fingerprint density at radius 2 is 2.11 bits per heavy atom. The first-order chi connectivity index (χ1) is 9.31. The van der Waals surface area contributed by atoms with Gasteiger partial charge in [0.25, 0.3) is 5.89 Å². The third-order valence-corrected chi connectivity index (χ3v) is 3.44. The van der Waals surface area contributed by atoms with Crippen LogP contribution in [0.3, 0.4) is 0 Å². The van der Waals surface area contributed by atoms with E-state index in [0.29, 0.717) is 24.2 Å². The van der Waals surface area contributed by atoms with E-state index in [2.05, 4.69) is 10.1 Å². The monoisotopic (exact) mass is 259 g/mol. The van der Waals surface area contributed by atoms with Crippen LogP contribution >= 0.6 is 0 Å². The maximum atomic E-state index is 5.57. The number of methoxy groups -OCH3 is 1. The van der Waals surface area contributed by atoms with Crippen LogP contribution < -0.4 is 5.73 Å². The molecule has 0 saturated heterocycles. The zero-order valence-corrected chi connectivity index (χ0v) is 10.9. The average molecular weight is 259 g/mol. The Balaban J connectivity index is 1.83. The van der Waals surface area contributed by atoms with Crippen molar-refractivity contribution in [1.29, 1.82) is 0 Å². The normalized spacial score (nSPS) is 16.5. The van der Waals surface area contributed by atoms with Crippen LogP contribution in [0.1, 0.15) is 30.3 Å². The number of hydrogen-bond donors (Lipinski definition) is 1. The lowest BCUT2D eigenvalue weighted by Gasteiger charge is -2.08. The highest BCUT2D eigenvalue weighted by Gasteiger charge is 2.35. The standard InChI is InChI=1S/C14H17N3O2/c1-18-12(10-6-7-10)13-16-14(19-17-13)11-4-2-9(8-15)3-5-11/h2-5,10,12H,6-8,15H2,1H3. The van der Waals surface area contributed by atoms with Crippen molar-refractivity contribution in [3.63, 3.8) is 0 Å². The highest BCUT2D eigenvalue weighted by molar-refractivity contribution is 5.53. The van der Waals surface area contributed by atoms with Gasteiger partial charge in [-0.25, -0.2) is 0 Å². The summed E-state index contributed by atoms with van der Waals surface area (Å²) < 4.78 is 10.8. The van der Waals surface area contributed by atoms with Crippen molar-refractivity contribution in [2.24, 2.45) is 11.7 Å². The average Bonchev–Trinajstić information content (AvgIpc) is 3.17. The fourth-order valence-electron chi connectivity index (χ4n) is 2.16. The van der Waals surface area contributed by atoms with E-state index < -0.39 is 0 Å². The molecule has 3 rings (SSSR count). The van der Waals surface area contributed by atoms with Gasteiger partial charge >= 0.3 is 0 Å². The molecule has 1 atom stereocenters. The van der Waals surface area contributed by atoms with E-state index in [1.54, 1.807) is 7.11 Å². The summed E-state index contributed by atoms with van der Waals surface area (Å²) in [5.41, 5.74) is 7.56. The highest BCUT2D eigenvalue weighted by Crippen LogP contribution is 2.42. The number of rotatable bonds is 5. The minimum Gasteiger partial charge on any atom is -0.373 e. The molecule has 1 unspecified atom stereocenters. The third kappa shape index (κ3) is 2.52. The molecule has 5 heteroatoms. The molecule has 19 heavy (non-hydrogen) atoms. The van der Waals surface area contributed by atoms with Crippen LogP contribution in [-0.4, -0.2) is 17.3 Å². The third-order valence-electron chi connectivity index (χ3n) is 3.44. The Morgan fingerprint density at radius 1 is 1.37 bits per heavy atom. The summed E-state index contributed by atoms with van der Waals surface area (Å²) in [5, 5.41) is 4.03. The Kier molecular flexibility index (Phi) is 3.31. The zero-order chi connectivity index (χ0) is 13.2. The van der Waals surface area contributed by atoms with E-state index in [4.69, 9.17) is 15.0 Å². The molecule has 0 amide bonds. The molecule has 1 fully saturated rings. The molecule has 5 nitrogen and oxygen atoms in total. The molecule has 1 aliphatic rings. The Bertz CT molecular complexity index is 546. The van der Waals surface area contributed by atoms with Crippen molar-refractivity contribution in [3.8, 4) is 11.5 Å². The van der Waals surface area contributed by atoms with Crippen molar-refractivity contribution in [1.82, 2.24) is 10.1 Å². The van der Waals surface area contributed by atoms with Crippen molar-refractivity contribution < 1.29 is 9.26 Å². The lowest BCUT2D eigenvalue weighted by atomic mass is 10.1. The SMILES string of the molecule is COC(c1noc(-c2ccc(CN)cc2)n1)C1CC1. The van der Waals surface area contributed by atoms with Crippen LogP contribution in [0.15, 0.2) is 28.8 Å². The molecule has 1 aliphatic carbocycles. The minimum atomic E-state index is -0.0409. The minimum absolute atomic E-state index is 0.0409. The van der Waals surface area contributed by atoms with Gasteiger partial charge in [-0.05, 0) is 36.5 Å². The fourth-order valence-corrected chi connectivity index (χ4v) is 2.16. The predicted octanol–water partition coefficient (Wildman–Crippen LogP) is 2.29. The topological polar surface area (TPSA) is 74.2 Å². The number of benzene rings is 1. The van der Waals surface area contributed by atoms with Gasteiger partial charge < -0.3 is 15.0 Å². The molecule has 1 heterocycles. The van der Waals surface area contributed by atoms with Crippen molar-refractivity contribution in [2.75, 3.05) is 7.11 Å². The first kappa shape index (κ1) is 12.3.